The topological polar surface area (TPSA) is 39.1 Å². The maximum absolute atomic E-state index is 13.6. The highest BCUT2D eigenvalue weighted by Gasteiger charge is 2.16. The Bertz CT molecular complexity index is 598. The molecule has 0 aliphatic carbocycles. The largest absolute Gasteiger partial charge is 0.294 e. The minimum Gasteiger partial charge on any atom is -0.294 e. The van der Waals surface area contributed by atoms with Gasteiger partial charge < -0.3 is 0 Å². The van der Waals surface area contributed by atoms with Gasteiger partial charge in [-0.25, -0.2) is 4.39 Å². The fourth-order valence-electron chi connectivity index (χ4n) is 1.77. The van der Waals surface area contributed by atoms with Gasteiger partial charge in [0.2, 0.25) is 5.91 Å². The molecule has 0 aliphatic rings. The van der Waals surface area contributed by atoms with Crippen molar-refractivity contribution in [3.8, 4) is 0 Å². The molecule has 2 rings (SSSR count). The van der Waals surface area contributed by atoms with E-state index in [1.807, 2.05) is 0 Å². The van der Waals surface area contributed by atoms with Gasteiger partial charge in [0.15, 0.2) is 5.78 Å². The minimum atomic E-state index is -0.484. The quantitative estimate of drug-likeness (QED) is 0.691. The van der Waals surface area contributed by atoms with E-state index in [9.17, 15) is 14.0 Å². The number of halogens is 1. The molecule has 0 atom stereocenters. The molecule has 1 aromatic carbocycles. The smallest absolute Gasteiger partial charge is 0.227 e. The lowest BCUT2D eigenvalue weighted by Crippen LogP contribution is -2.03. The fourth-order valence-corrected chi connectivity index (χ4v) is 1.77. The molecule has 0 N–H and O–H groups in total. The number of ketones is 1. The molecule has 0 saturated carbocycles. The predicted molar refractivity (Wildman–Crippen MR) is 58.2 cm³/mol. The Kier molecular flexibility index (Phi) is 2.34. The number of rotatable bonds is 1. The molecule has 0 radical (unpaired) electrons. The molecule has 1 aromatic heterocycles. The van der Waals surface area contributed by atoms with E-state index in [0.717, 1.165) is 0 Å². The number of carbonyl (C=O) groups excluding carboxylic acids is 2. The van der Waals surface area contributed by atoms with E-state index in [-0.39, 0.29) is 22.6 Å². The lowest BCUT2D eigenvalue weighted by atomic mass is 10.1. The lowest BCUT2D eigenvalue weighted by Gasteiger charge is -1.98. The van der Waals surface area contributed by atoms with Crippen molar-refractivity contribution in [1.29, 1.82) is 0 Å². The van der Waals surface area contributed by atoms with Crippen molar-refractivity contribution in [3.05, 3.63) is 35.8 Å². The van der Waals surface area contributed by atoms with E-state index in [0.29, 0.717) is 5.52 Å². The number of nitrogens with zero attached hydrogens (tertiary/aromatic N) is 1. The summed E-state index contributed by atoms with van der Waals surface area (Å²) >= 11 is 0. The number of aromatic nitrogens is 1. The molecule has 0 fully saturated rings. The summed E-state index contributed by atoms with van der Waals surface area (Å²) in [7, 11) is 0. The van der Waals surface area contributed by atoms with Crippen molar-refractivity contribution in [2.75, 3.05) is 0 Å². The van der Waals surface area contributed by atoms with Gasteiger partial charge in [0.05, 0.1) is 5.52 Å². The highest BCUT2D eigenvalue weighted by atomic mass is 19.1. The third-order valence-electron chi connectivity index (χ3n) is 2.50. The first kappa shape index (κ1) is 10.5. The number of fused-ring (bicyclic) bond motifs is 1. The Hall–Kier alpha value is -1.97. The van der Waals surface area contributed by atoms with E-state index < -0.39 is 5.82 Å². The van der Waals surface area contributed by atoms with Gasteiger partial charge in [-0.05, 0) is 19.1 Å². The molecule has 16 heavy (non-hydrogen) atoms. The SMILES string of the molecule is CC(=O)c1cn(C(C)=O)c2cccc(F)c12. The van der Waals surface area contributed by atoms with Crippen LogP contribution in [0.1, 0.15) is 29.0 Å². The Labute approximate surface area is 91.5 Å². The summed E-state index contributed by atoms with van der Waals surface area (Å²) in [4.78, 5) is 22.7. The lowest BCUT2D eigenvalue weighted by molar-refractivity contribution is 0.0941. The molecule has 0 bridgehead atoms. The molecule has 0 saturated heterocycles. The zero-order valence-electron chi connectivity index (χ0n) is 8.95. The van der Waals surface area contributed by atoms with Gasteiger partial charge in [-0.2, -0.15) is 0 Å². The van der Waals surface area contributed by atoms with E-state index in [1.54, 1.807) is 6.07 Å². The van der Waals surface area contributed by atoms with Crippen LogP contribution in [0.4, 0.5) is 4.39 Å². The zero-order chi connectivity index (χ0) is 11.9. The zero-order valence-corrected chi connectivity index (χ0v) is 8.95. The summed E-state index contributed by atoms with van der Waals surface area (Å²) in [5.41, 5.74) is 0.668. The first-order valence-electron chi connectivity index (χ1n) is 4.84. The maximum atomic E-state index is 13.6. The van der Waals surface area contributed by atoms with Crippen LogP contribution in [0.2, 0.25) is 0 Å². The van der Waals surface area contributed by atoms with Crippen molar-refractivity contribution in [3.63, 3.8) is 0 Å². The molecular formula is C12H10FNO2. The number of hydrogen-bond acceptors (Lipinski definition) is 2. The monoisotopic (exact) mass is 219 g/mol. The highest BCUT2D eigenvalue weighted by Crippen LogP contribution is 2.24. The van der Waals surface area contributed by atoms with E-state index in [1.165, 1.54) is 36.7 Å². The summed E-state index contributed by atoms with van der Waals surface area (Å²) in [5.74, 6) is -0.985. The molecule has 0 amide bonds. The summed E-state index contributed by atoms with van der Waals surface area (Å²) in [6.45, 7) is 2.72. The average Bonchev–Trinajstić information content (AvgIpc) is 2.58. The van der Waals surface area contributed by atoms with Crippen LogP contribution in [0.3, 0.4) is 0 Å². The molecule has 0 spiro atoms. The molecule has 3 nitrogen and oxygen atoms in total. The van der Waals surface area contributed by atoms with Gasteiger partial charge >= 0.3 is 0 Å². The fraction of sp³-hybridized carbons (Fsp3) is 0.167. The third-order valence-corrected chi connectivity index (χ3v) is 2.50. The highest BCUT2D eigenvalue weighted by molar-refractivity contribution is 6.09. The summed E-state index contributed by atoms with van der Waals surface area (Å²) < 4.78 is 14.9. The Morgan fingerprint density at radius 2 is 1.94 bits per heavy atom. The second-order valence-corrected chi connectivity index (χ2v) is 3.62. The number of carbonyl (C=O) groups is 2. The van der Waals surface area contributed by atoms with Crippen molar-refractivity contribution in [2.45, 2.75) is 13.8 Å². The van der Waals surface area contributed by atoms with E-state index in [2.05, 4.69) is 0 Å². The number of hydrogen-bond donors (Lipinski definition) is 0. The van der Waals surface area contributed by atoms with Gasteiger partial charge in [-0.3, -0.25) is 14.2 Å². The van der Waals surface area contributed by atoms with Crippen molar-refractivity contribution < 1.29 is 14.0 Å². The van der Waals surface area contributed by atoms with Crippen LogP contribution in [0, 0.1) is 5.82 Å². The normalized spacial score (nSPS) is 10.7. The minimum absolute atomic E-state index is 0.213. The maximum Gasteiger partial charge on any atom is 0.227 e. The van der Waals surface area contributed by atoms with Gasteiger partial charge in [0.25, 0.3) is 0 Å². The second-order valence-electron chi connectivity index (χ2n) is 3.62. The molecule has 0 aliphatic heterocycles. The van der Waals surface area contributed by atoms with Crippen LogP contribution in [0.15, 0.2) is 24.4 Å². The number of Topliss-reactive ketones (excluding diaryl/α,β-unsaturated/α-hetero) is 1. The van der Waals surface area contributed by atoms with Gasteiger partial charge in [0, 0.05) is 24.1 Å². The summed E-state index contributed by atoms with van der Waals surface area (Å²) in [6.07, 6.45) is 1.39. The molecule has 82 valence electrons. The number of benzene rings is 1. The summed E-state index contributed by atoms with van der Waals surface area (Å²) in [6, 6.07) is 4.41. The van der Waals surface area contributed by atoms with Crippen LogP contribution in [-0.4, -0.2) is 16.3 Å². The van der Waals surface area contributed by atoms with Crippen LogP contribution in [0.5, 0.6) is 0 Å². The Balaban J connectivity index is 2.93. The van der Waals surface area contributed by atoms with Gasteiger partial charge in [0.1, 0.15) is 5.82 Å². The van der Waals surface area contributed by atoms with E-state index in [4.69, 9.17) is 0 Å². The Morgan fingerprint density at radius 1 is 1.25 bits per heavy atom. The molecule has 4 heteroatoms. The predicted octanol–water partition coefficient (Wildman–Crippen LogP) is 2.64. The standard InChI is InChI=1S/C12H10FNO2/c1-7(15)9-6-14(8(2)16)11-5-3-4-10(13)12(9)11/h3-6H,1-2H3. The average molecular weight is 219 g/mol. The summed E-state index contributed by atoms with van der Waals surface area (Å²) in [5, 5.41) is 0.213. The van der Waals surface area contributed by atoms with Crippen LogP contribution in [0.25, 0.3) is 10.9 Å². The van der Waals surface area contributed by atoms with Gasteiger partial charge in [-0.1, -0.05) is 6.07 Å². The van der Waals surface area contributed by atoms with Crippen LogP contribution >= 0.6 is 0 Å². The van der Waals surface area contributed by atoms with Crippen molar-refractivity contribution in [1.82, 2.24) is 4.57 Å². The molecule has 1 heterocycles. The Morgan fingerprint density at radius 3 is 2.50 bits per heavy atom. The second kappa shape index (κ2) is 3.56. The first-order chi connectivity index (χ1) is 7.52. The third kappa shape index (κ3) is 1.43. The van der Waals surface area contributed by atoms with E-state index >= 15 is 0 Å². The molecule has 2 aromatic rings. The van der Waals surface area contributed by atoms with Crippen molar-refractivity contribution in [2.24, 2.45) is 0 Å². The first-order valence-corrected chi connectivity index (χ1v) is 4.84. The molecule has 0 unspecified atom stereocenters. The molecular weight excluding hydrogens is 209 g/mol. The van der Waals surface area contributed by atoms with Crippen LogP contribution in [-0.2, 0) is 0 Å². The van der Waals surface area contributed by atoms with Crippen molar-refractivity contribution >= 4 is 22.6 Å². The van der Waals surface area contributed by atoms with Crippen LogP contribution < -0.4 is 0 Å². The van der Waals surface area contributed by atoms with Gasteiger partial charge in [-0.15, -0.1) is 0 Å².